The first-order valence-electron chi connectivity index (χ1n) is 8.25. The quantitative estimate of drug-likeness (QED) is 0.719. The molecule has 0 bridgehead atoms. The molecule has 1 heterocycles. The first-order valence-corrected chi connectivity index (χ1v) is 8.25. The van der Waals surface area contributed by atoms with Gasteiger partial charge < -0.3 is 29.6 Å². The summed E-state index contributed by atoms with van der Waals surface area (Å²) in [7, 11) is 2.07. The van der Waals surface area contributed by atoms with Gasteiger partial charge in [0, 0.05) is 39.3 Å². The van der Waals surface area contributed by atoms with E-state index in [1.165, 1.54) is 0 Å². The molecule has 0 unspecified atom stereocenters. The standard InChI is InChI=1S/C15H33N3O4/c1-17-4-8-19-12-14-21-10-6-18(3-2-16)7-11-22-15-13-20-9-5-17/h2-16H2,1H3. The summed E-state index contributed by atoms with van der Waals surface area (Å²) in [6, 6.07) is 0. The van der Waals surface area contributed by atoms with Crippen LogP contribution in [0.2, 0.25) is 0 Å². The monoisotopic (exact) mass is 319 g/mol. The topological polar surface area (TPSA) is 69.4 Å². The molecular formula is C15H33N3O4. The fraction of sp³-hybridized carbons (Fsp3) is 1.00. The van der Waals surface area contributed by atoms with Gasteiger partial charge in [0.15, 0.2) is 0 Å². The van der Waals surface area contributed by atoms with E-state index in [0.717, 1.165) is 45.9 Å². The summed E-state index contributed by atoms with van der Waals surface area (Å²) in [5.74, 6) is 0. The number of hydrogen-bond donors (Lipinski definition) is 1. The van der Waals surface area contributed by atoms with E-state index in [-0.39, 0.29) is 0 Å². The largest absolute Gasteiger partial charge is 0.378 e. The van der Waals surface area contributed by atoms with Crippen LogP contribution in [0.4, 0.5) is 0 Å². The first-order chi connectivity index (χ1) is 10.8. The average molecular weight is 319 g/mol. The molecule has 0 saturated carbocycles. The molecule has 7 nitrogen and oxygen atoms in total. The van der Waals surface area contributed by atoms with Crippen molar-refractivity contribution in [2.24, 2.45) is 5.73 Å². The molecule has 0 aromatic rings. The minimum Gasteiger partial charge on any atom is -0.378 e. The predicted molar refractivity (Wildman–Crippen MR) is 86.3 cm³/mol. The van der Waals surface area contributed by atoms with Crippen LogP contribution in [0.3, 0.4) is 0 Å². The lowest BCUT2D eigenvalue weighted by molar-refractivity contribution is 0.0112. The molecule has 7 heteroatoms. The third kappa shape index (κ3) is 11.3. The molecule has 1 rings (SSSR count). The van der Waals surface area contributed by atoms with Gasteiger partial charge in [-0.3, -0.25) is 4.90 Å². The number of ether oxygens (including phenoxy) is 4. The SMILES string of the molecule is CN1CCOCCOCCN(CCN)CCOCCOCC1. The van der Waals surface area contributed by atoms with Crippen LogP contribution in [-0.4, -0.2) is 109 Å². The number of rotatable bonds is 2. The summed E-state index contributed by atoms with van der Waals surface area (Å²) in [6.45, 7) is 10.5. The van der Waals surface area contributed by atoms with Crippen LogP contribution >= 0.6 is 0 Å². The van der Waals surface area contributed by atoms with E-state index in [2.05, 4.69) is 16.8 Å². The Morgan fingerprint density at radius 2 is 1.09 bits per heavy atom. The van der Waals surface area contributed by atoms with Crippen molar-refractivity contribution in [1.29, 1.82) is 0 Å². The summed E-state index contributed by atoms with van der Waals surface area (Å²) in [5.41, 5.74) is 5.64. The van der Waals surface area contributed by atoms with Gasteiger partial charge in [0.1, 0.15) is 0 Å². The van der Waals surface area contributed by atoms with Gasteiger partial charge in [-0.25, -0.2) is 0 Å². The van der Waals surface area contributed by atoms with E-state index in [1.807, 2.05) is 0 Å². The van der Waals surface area contributed by atoms with Gasteiger partial charge in [0.2, 0.25) is 0 Å². The maximum atomic E-state index is 5.64. The highest BCUT2D eigenvalue weighted by atomic mass is 16.5. The van der Waals surface area contributed by atoms with Crippen LogP contribution in [0.1, 0.15) is 0 Å². The zero-order valence-electron chi connectivity index (χ0n) is 14.0. The molecule has 0 atom stereocenters. The Morgan fingerprint density at radius 3 is 1.50 bits per heavy atom. The maximum absolute atomic E-state index is 5.64. The van der Waals surface area contributed by atoms with Crippen molar-refractivity contribution in [3.05, 3.63) is 0 Å². The third-order valence-electron chi connectivity index (χ3n) is 3.53. The van der Waals surface area contributed by atoms with E-state index in [9.17, 15) is 0 Å². The highest BCUT2D eigenvalue weighted by Crippen LogP contribution is 1.91. The fourth-order valence-corrected chi connectivity index (χ4v) is 2.10. The van der Waals surface area contributed by atoms with Crippen molar-refractivity contribution in [3.8, 4) is 0 Å². The van der Waals surface area contributed by atoms with Gasteiger partial charge >= 0.3 is 0 Å². The summed E-state index contributed by atoms with van der Waals surface area (Å²) < 4.78 is 22.3. The summed E-state index contributed by atoms with van der Waals surface area (Å²) in [5, 5.41) is 0. The van der Waals surface area contributed by atoms with Crippen molar-refractivity contribution in [3.63, 3.8) is 0 Å². The Balaban J connectivity index is 2.23. The number of nitrogens with two attached hydrogens (primary N) is 1. The molecular weight excluding hydrogens is 286 g/mol. The van der Waals surface area contributed by atoms with Gasteiger partial charge in [-0.05, 0) is 7.05 Å². The Kier molecular flexibility index (Phi) is 12.9. The van der Waals surface area contributed by atoms with Crippen LogP contribution < -0.4 is 5.73 Å². The molecule has 0 aliphatic carbocycles. The van der Waals surface area contributed by atoms with Gasteiger partial charge in [0.25, 0.3) is 0 Å². The van der Waals surface area contributed by atoms with Crippen molar-refractivity contribution in [2.45, 2.75) is 0 Å². The highest BCUT2D eigenvalue weighted by molar-refractivity contribution is 4.58. The lowest BCUT2D eigenvalue weighted by Crippen LogP contribution is -2.35. The van der Waals surface area contributed by atoms with Gasteiger partial charge in [-0.1, -0.05) is 0 Å². The summed E-state index contributed by atoms with van der Waals surface area (Å²) in [4.78, 5) is 4.47. The lowest BCUT2D eigenvalue weighted by Gasteiger charge is -2.21. The van der Waals surface area contributed by atoms with Gasteiger partial charge in [0.05, 0.1) is 52.9 Å². The van der Waals surface area contributed by atoms with Crippen molar-refractivity contribution >= 4 is 0 Å². The molecule has 0 spiro atoms. The zero-order valence-corrected chi connectivity index (χ0v) is 14.0. The zero-order chi connectivity index (χ0) is 15.9. The number of hydrogen-bond acceptors (Lipinski definition) is 7. The molecule has 0 aromatic carbocycles. The van der Waals surface area contributed by atoms with Crippen LogP contribution in [0.25, 0.3) is 0 Å². The highest BCUT2D eigenvalue weighted by Gasteiger charge is 2.04. The molecule has 132 valence electrons. The van der Waals surface area contributed by atoms with E-state index >= 15 is 0 Å². The molecule has 2 N–H and O–H groups in total. The van der Waals surface area contributed by atoms with E-state index in [0.29, 0.717) is 46.2 Å². The second-order valence-electron chi connectivity index (χ2n) is 5.38. The molecule has 1 fully saturated rings. The number of nitrogens with zero attached hydrogens (tertiary/aromatic N) is 2. The Morgan fingerprint density at radius 1 is 0.682 bits per heavy atom. The average Bonchev–Trinajstić information content (AvgIpc) is 2.51. The Hall–Kier alpha value is -0.280. The summed E-state index contributed by atoms with van der Waals surface area (Å²) >= 11 is 0. The van der Waals surface area contributed by atoms with Gasteiger partial charge in [-0.15, -0.1) is 0 Å². The minimum absolute atomic E-state index is 0.639. The van der Waals surface area contributed by atoms with Crippen LogP contribution in [0.5, 0.6) is 0 Å². The third-order valence-corrected chi connectivity index (χ3v) is 3.53. The van der Waals surface area contributed by atoms with Crippen molar-refractivity contribution in [1.82, 2.24) is 9.80 Å². The first kappa shape index (κ1) is 19.8. The van der Waals surface area contributed by atoms with Crippen LogP contribution in [-0.2, 0) is 18.9 Å². The minimum atomic E-state index is 0.639. The van der Waals surface area contributed by atoms with Gasteiger partial charge in [-0.2, -0.15) is 0 Å². The van der Waals surface area contributed by atoms with Crippen molar-refractivity contribution in [2.75, 3.05) is 99.2 Å². The van der Waals surface area contributed by atoms with E-state index < -0.39 is 0 Å². The van der Waals surface area contributed by atoms with E-state index in [1.54, 1.807) is 0 Å². The number of likely N-dealkylation sites (N-methyl/N-ethyl adjacent to an activating group) is 1. The molecule has 0 amide bonds. The van der Waals surface area contributed by atoms with Crippen molar-refractivity contribution < 1.29 is 18.9 Å². The molecule has 1 aliphatic rings. The molecule has 0 radical (unpaired) electrons. The van der Waals surface area contributed by atoms with E-state index in [4.69, 9.17) is 24.7 Å². The second-order valence-corrected chi connectivity index (χ2v) is 5.38. The lowest BCUT2D eigenvalue weighted by atomic mass is 10.4. The molecule has 1 saturated heterocycles. The second kappa shape index (κ2) is 14.3. The predicted octanol–water partition coefficient (Wildman–Crippen LogP) is -0.741. The summed E-state index contributed by atoms with van der Waals surface area (Å²) in [6.07, 6.45) is 0. The Bertz CT molecular complexity index is 227. The van der Waals surface area contributed by atoms with Crippen LogP contribution in [0.15, 0.2) is 0 Å². The molecule has 0 aromatic heterocycles. The smallest absolute Gasteiger partial charge is 0.0701 e. The Labute approximate surface area is 134 Å². The maximum Gasteiger partial charge on any atom is 0.0701 e. The molecule has 1 aliphatic heterocycles. The molecule has 22 heavy (non-hydrogen) atoms. The normalized spacial score (nSPS) is 23.7. The fourth-order valence-electron chi connectivity index (χ4n) is 2.10. The van der Waals surface area contributed by atoms with Crippen LogP contribution in [0, 0.1) is 0 Å².